The molecule has 5 rings (SSSR count). The van der Waals surface area contributed by atoms with Crippen molar-refractivity contribution in [2.75, 3.05) is 0 Å². The van der Waals surface area contributed by atoms with E-state index in [1.54, 1.807) is 11.8 Å². The number of nitrogens with one attached hydrogen (secondary N) is 1. The third kappa shape index (κ3) is 6.82. The van der Waals surface area contributed by atoms with Crippen LogP contribution < -0.4 is 5.32 Å². The average molecular weight is 567 g/mol. The van der Waals surface area contributed by atoms with E-state index >= 15 is 0 Å². The third-order valence-electron chi connectivity index (χ3n) is 6.63. The quantitative estimate of drug-likeness (QED) is 0.140. The van der Waals surface area contributed by atoms with Gasteiger partial charge >= 0.3 is 0 Å². The maximum atomic E-state index is 13.5. The van der Waals surface area contributed by atoms with Crippen molar-refractivity contribution >= 4 is 29.3 Å². The molecule has 2 unspecified atom stereocenters. The molecule has 202 valence electrons. The van der Waals surface area contributed by atoms with Crippen LogP contribution in [0.3, 0.4) is 0 Å². The molecule has 0 radical (unpaired) electrons. The minimum Gasteiger partial charge on any atom is -0.344 e. The van der Waals surface area contributed by atoms with Crippen molar-refractivity contribution in [1.29, 1.82) is 0 Å². The Hall–Kier alpha value is -3.87. The van der Waals surface area contributed by atoms with E-state index in [9.17, 15) is 4.79 Å². The summed E-state index contributed by atoms with van der Waals surface area (Å²) in [6, 6.07) is 35.7. The number of rotatable bonds is 10. The SMILES string of the molecule is Cc1ccc(-n2c(SCc3cccc(C)c3)nnc2C(Cc2ccccc2)NC(=O)C(Cl)c2ccccc2)cc1. The van der Waals surface area contributed by atoms with Crippen LogP contribution in [-0.2, 0) is 17.0 Å². The lowest BCUT2D eigenvalue weighted by molar-refractivity contribution is -0.121. The highest BCUT2D eigenvalue weighted by molar-refractivity contribution is 7.98. The summed E-state index contributed by atoms with van der Waals surface area (Å²) in [5, 5.41) is 12.4. The zero-order valence-corrected chi connectivity index (χ0v) is 24.1. The van der Waals surface area contributed by atoms with Crippen molar-refractivity contribution in [3.05, 3.63) is 143 Å². The average Bonchev–Trinajstić information content (AvgIpc) is 3.40. The maximum absolute atomic E-state index is 13.5. The number of alkyl halides is 1. The molecule has 0 aliphatic carbocycles. The number of hydrogen-bond acceptors (Lipinski definition) is 4. The minimum atomic E-state index is -0.828. The van der Waals surface area contributed by atoms with Gasteiger partial charge in [-0.25, -0.2) is 0 Å². The number of amides is 1. The number of carbonyl (C=O) groups is 1. The van der Waals surface area contributed by atoms with E-state index in [1.807, 2.05) is 48.5 Å². The van der Waals surface area contributed by atoms with Crippen LogP contribution in [0.2, 0.25) is 0 Å². The summed E-state index contributed by atoms with van der Waals surface area (Å²) in [5.74, 6) is 1.13. The second-order valence-electron chi connectivity index (χ2n) is 9.81. The van der Waals surface area contributed by atoms with Crippen LogP contribution >= 0.6 is 23.4 Å². The van der Waals surface area contributed by atoms with Crippen molar-refractivity contribution in [2.45, 2.75) is 42.6 Å². The van der Waals surface area contributed by atoms with Crippen molar-refractivity contribution in [1.82, 2.24) is 20.1 Å². The van der Waals surface area contributed by atoms with Crippen molar-refractivity contribution in [3.63, 3.8) is 0 Å². The van der Waals surface area contributed by atoms with Crippen molar-refractivity contribution in [2.24, 2.45) is 0 Å². The third-order valence-corrected chi connectivity index (χ3v) is 8.08. The first-order valence-corrected chi connectivity index (χ1v) is 14.6. The minimum absolute atomic E-state index is 0.277. The Labute approximate surface area is 244 Å². The highest BCUT2D eigenvalue weighted by Crippen LogP contribution is 2.30. The van der Waals surface area contributed by atoms with Gasteiger partial charge in [0.05, 0.1) is 6.04 Å². The van der Waals surface area contributed by atoms with E-state index in [1.165, 1.54) is 11.1 Å². The van der Waals surface area contributed by atoms with E-state index in [-0.39, 0.29) is 5.91 Å². The molecular weight excluding hydrogens is 536 g/mol. The van der Waals surface area contributed by atoms with Gasteiger partial charge in [0.2, 0.25) is 5.91 Å². The Balaban J connectivity index is 1.52. The topological polar surface area (TPSA) is 59.8 Å². The summed E-state index contributed by atoms with van der Waals surface area (Å²) in [7, 11) is 0. The molecule has 0 saturated heterocycles. The number of benzene rings is 4. The van der Waals surface area contributed by atoms with E-state index in [0.29, 0.717) is 12.2 Å². The Kier molecular flexibility index (Phi) is 8.99. The lowest BCUT2D eigenvalue weighted by atomic mass is 10.0. The van der Waals surface area contributed by atoms with Crippen molar-refractivity contribution < 1.29 is 4.79 Å². The zero-order chi connectivity index (χ0) is 27.9. The monoisotopic (exact) mass is 566 g/mol. The van der Waals surface area contributed by atoms with Crippen LogP contribution in [0.25, 0.3) is 5.69 Å². The zero-order valence-electron chi connectivity index (χ0n) is 22.5. The highest BCUT2D eigenvalue weighted by Gasteiger charge is 2.28. The lowest BCUT2D eigenvalue weighted by Gasteiger charge is -2.22. The predicted octanol–water partition coefficient (Wildman–Crippen LogP) is 7.56. The Morgan fingerprint density at radius 1 is 0.825 bits per heavy atom. The van der Waals surface area contributed by atoms with Crippen LogP contribution in [0.4, 0.5) is 0 Å². The fourth-order valence-electron chi connectivity index (χ4n) is 4.56. The first-order valence-electron chi connectivity index (χ1n) is 13.2. The molecule has 0 fully saturated rings. The number of halogens is 1. The molecule has 0 spiro atoms. The van der Waals surface area contributed by atoms with Gasteiger partial charge in [-0.1, -0.05) is 120 Å². The van der Waals surface area contributed by atoms with Gasteiger partial charge in [0, 0.05) is 11.4 Å². The van der Waals surface area contributed by atoms with Gasteiger partial charge in [-0.3, -0.25) is 9.36 Å². The molecule has 0 aliphatic rings. The van der Waals surface area contributed by atoms with Gasteiger partial charge in [0.25, 0.3) is 0 Å². The molecule has 0 bridgehead atoms. The van der Waals surface area contributed by atoms with Gasteiger partial charge in [0.1, 0.15) is 5.38 Å². The molecule has 1 N–H and O–H groups in total. The Morgan fingerprint density at radius 2 is 1.50 bits per heavy atom. The normalized spacial score (nSPS) is 12.6. The van der Waals surface area contributed by atoms with Crippen LogP contribution in [0, 0.1) is 13.8 Å². The number of nitrogens with zero attached hydrogens (tertiary/aromatic N) is 3. The maximum Gasteiger partial charge on any atom is 0.243 e. The van der Waals surface area contributed by atoms with Gasteiger partial charge < -0.3 is 5.32 Å². The van der Waals surface area contributed by atoms with Crippen LogP contribution in [-0.4, -0.2) is 20.7 Å². The van der Waals surface area contributed by atoms with Gasteiger partial charge in [-0.05, 0) is 49.1 Å². The van der Waals surface area contributed by atoms with E-state index in [4.69, 9.17) is 11.6 Å². The number of aromatic nitrogens is 3. The molecule has 1 aromatic heterocycles. The molecule has 7 heteroatoms. The van der Waals surface area contributed by atoms with Crippen LogP contribution in [0.5, 0.6) is 0 Å². The molecule has 2 atom stereocenters. The van der Waals surface area contributed by atoms with E-state index < -0.39 is 11.4 Å². The first kappa shape index (κ1) is 27.7. The molecule has 0 aliphatic heterocycles. The largest absolute Gasteiger partial charge is 0.344 e. The van der Waals surface area contributed by atoms with Crippen molar-refractivity contribution in [3.8, 4) is 5.69 Å². The molecule has 0 saturated carbocycles. The van der Waals surface area contributed by atoms with Gasteiger partial charge in [0.15, 0.2) is 11.0 Å². The Bertz CT molecular complexity index is 1550. The molecule has 40 heavy (non-hydrogen) atoms. The summed E-state index contributed by atoms with van der Waals surface area (Å²) in [5.41, 5.74) is 6.36. The summed E-state index contributed by atoms with van der Waals surface area (Å²) < 4.78 is 2.06. The number of hydrogen-bond donors (Lipinski definition) is 1. The van der Waals surface area contributed by atoms with E-state index in [0.717, 1.165) is 33.3 Å². The molecule has 1 heterocycles. The highest BCUT2D eigenvalue weighted by atomic mass is 35.5. The first-order chi connectivity index (χ1) is 19.5. The number of carbonyl (C=O) groups excluding carboxylic acids is 1. The number of thioether (sulfide) groups is 1. The van der Waals surface area contributed by atoms with E-state index in [2.05, 4.69) is 94.6 Å². The summed E-state index contributed by atoms with van der Waals surface area (Å²) in [4.78, 5) is 13.5. The molecule has 5 aromatic rings. The summed E-state index contributed by atoms with van der Waals surface area (Å²) in [6.07, 6.45) is 0.539. The molecule has 4 aromatic carbocycles. The standard InChI is InChI=1S/C33H31ClN4OS/c1-23-16-18-28(19-17-23)38-31(36-37-33(38)40-22-26-13-9-10-24(2)20-26)29(21-25-11-5-3-6-12-25)35-32(39)30(34)27-14-7-4-8-15-27/h3-20,29-30H,21-22H2,1-2H3,(H,35,39). The summed E-state index contributed by atoms with van der Waals surface area (Å²) >= 11 is 8.27. The summed E-state index contributed by atoms with van der Waals surface area (Å²) in [6.45, 7) is 4.16. The molecule has 5 nitrogen and oxygen atoms in total. The number of aryl methyl sites for hydroxylation is 2. The molecular formula is C33H31ClN4OS. The van der Waals surface area contributed by atoms with Gasteiger partial charge in [-0.15, -0.1) is 21.8 Å². The molecule has 1 amide bonds. The fourth-order valence-corrected chi connectivity index (χ4v) is 5.67. The van der Waals surface area contributed by atoms with Crippen LogP contribution in [0.15, 0.2) is 114 Å². The second kappa shape index (κ2) is 13.0. The second-order valence-corrected chi connectivity index (χ2v) is 11.2. The van der Waals surface area contributed by atoms with Crippen LogP contribution in [0.1, 0.15) is 45.1 Å². The van der Waals surface area contributed by atoms with Gasteiger partial charge in [-0.2, -0.15) is 0 Å². The smallest absolute Gasteiger partial charge is 0.243 e. The fraction of sp³-hybridized carbons (Fsp3) is 0.182. The predicted molar refractivity (Wildman–Crippen MR) is 163 cm³/mol. The Morgan fingerprint density at radius 3 is 2.20 bits per heavy atom. The lowest BCUT2D eigenvalue weighted by Crippen LogP contribution is -2.34.